The fraction of sp³-hybridized carbons (Fsp3) is 0.300. The second-order valence-corrected chi connectivity index (χ2v) is 7.74. The standard InChI is InChI=1S/C20H22N4OS/c1-14-10-15(11-21)12-23(14)20(25)17-13-24(16-6-3-2-4-7-16)22-19(17)18-8-5-9-26-18/h2-9,13-15H,10-12,21H2,1H3. The number of hydrogen-bond donors (Lipinski definition) is 1. The van der Waals surface area contributed by atoms with Crippen LogP contribution >= 0.6 is 11.3 Å². The smallest absolute Gasteiger partial charge is 0.257 e. The molecule has 1 aliphatic rings. The van der Waals surface area contributed by atoms with Crippen LogP contribution in [-0.4, -0.2) is 39.7 Å². The van der Waals surface area contributed by atoms with Crippen LogP contribution in [0.1, 0.15) is 23.7 Å². The number of thiophene rings is 1. The second-order valence-electron chi connectivity index (χ2n) is 6.79. The molecule has 2 atom stereocenters. The molecule has 1 saturated heterocycles. The van der Waals surface area contributed by atoms with Crippen molar-refractivity contribution in [1.29, 1.82) is 0 Å². The van der Waals surface area contributed by atoms with E-state index in [0.717, 1.165) is 29.2 Å². The van der Waals surface area contributed by atoms with Gasteiger partial charge in [0.15, 0.2) is 0 Å². The molecule has 2 N–H and O–H groups in total. The molecule has 1 aliphatic heterocycles. The Morgan fingerprint density at radius 3 is 2.73 bits per heavy atom. The quantitative estimate of drug-likeness (QED) is 0.770. The van der Waals surface area contributed by atoms with E-state index in [1.54, 1.807) is 16.0 Å². The first-order valence-corrected chi connectivity index (χ1v) is 9.75. The minimum Gasteiger partial charge on any atom is -0.335 e. The maximum atomic E-state index is 13.3. The van der Waals surface area contributed by atoms with E-state index < -0.39 is 0 Å². The predicted molar refractivity (Wildman–Crippen MR) is 105 cm³/mol. The topological polar surface area (TPSA) is 64.2 Å². The summed E-state index contributed by atoms with van der Waals surface area (Å²) in [5.41, 5.74) is 8.18. The molecule has 6 heteroatoms. The van der Waals surface area contributed by atoms with Gasteiger partial charge in [0.2, 0.25) is 0 Å². The molecular formula is C20H22N4OS. The normalized spacial score (nSPS) is 19.8. The van der Waals surface area contributed by atoms with E-state index in [4.69, 9.17) is 10.8 Å². The van der Waals surface area contributed by atoms with Crippen molar-refractivity contribution in [2.45, 2.75) is 19.4 Å². The summed E-state index contributed by atoms with van der Waals surface area (Å²) in [5, 5.41) is 6.74. The lowest BCUT2D eigenvalue weighted by Crippen LogP contribution is -2.34. The van der Waals surface area contributed by atoms with Gasteiger partial charge in [0.1, 0.15) is 5.69 Å². The van der Waals surface area contributed by atoms with Gasteiger partial charge in [-0.05, 0) is 49.4 Å². The number of nitrogens with zero attached hydrogens (tertiary/aromatic N) is 3. The number of amides is 1. The molecule has 3 aromatic rings. The number of carbonyl (C=O) groups is 1. The van der Waals surface area contributed by atoms with Gasteiger partial charge in [-0.3, -0.25) is 4.79 Å². The molecule has 0 saturated carbocycles. The predicted octanol–water partition coefficient (Wildman–Crippen LogP) is 3.41. The Labute approximate surface area is 157 Å². The van der Waals surface area contributed by atoms with Gasteiger partial charge in [0.05, 0.1) is 16.1 Å². The Bertz CT molecular complexity index is 888. The first-order chi connectivity index (χ1) is 12.7. The molecule has 0 spiro atoms. The first-order valence-electron chi connectivity index (χ1n) is 8.87. The zero-order valence-corrected chi connectivity index (χ0v) is 15.5. The number of para-hydroxylation sites is 1. The van der Waals surface area contributed by atoms with Gasteiger partial charge in [-0.15, -0.1) is 11.3 Å². The van der Waals surface area contributed by atoms with Crippen molar-refractivity contribution in [2.75, 3.05) is 13.1 Å². The molecule has 1 fully saturated rings. The van der Waals surface area contributed by atoms with E-state index in [1.165, 1.54) is 0 Å². The summed E-state index contributed by atoms with van der Waals surface area (Å²) in [6.45, 7) is 3.44. The van der Waals surface area contributed by atoms with Gasteiger partial charge in [-0.25, -0.2) is 4.68 Å². The minimum atomic E-state index is 0.0408. The van der Waals surface area contributed by atoms with Crippen LogP contribution in [0.15, 0.2) is 54.0 Å². The summed E-state index contributed by atoms with van der Waals surface area (Å²) < 4.78 is 1.80. The lowest BCUT2D eigenvalue weighted by atomic mass is 10.1. The van der Waals surface area contributed by atoms with Gasteiger partial charge in [0.25, 0.3) is 5.91 Å². The van der Waals surface area contributed by atoms with Gasteiger partial charge in [0, 0.05) is 18.8 Å². The maximum absolute atomic E-state index is 13.3. The van der Waals surface area contributed by atoms with Crippen LogP contribution in [0, 0.1) is 5.92 Å². The van der Waals surface area contributed by atoms with Gasteiger partial charge in [-0.2, -0.15) is 5.10 Å². The summed E-state index contributed by atoms with van der Waals surface area (Å²) in [6, 6.07) is 14.1. The third-order valence-corrected chi connectivity index (χ3v) is 5.85. The SMILES string of the molecule is CC1CC(CN)CN1C(=O)c1cn(-c2ccccc2)nc1-c1cccs1. The Morgan fingerprint density at radius 1 is 1.27 bits per heavy atom. The van der Waals surface area contributed by atoms with Crippen molar-refractivity contribution in [2.24, 2.45) is 11.7 Å². The van der Waals surface area contributed by atoms with Crippen LogP contribution in [0.5, 0.6) is 0 Å². The van der Waals surface area contributed by atoms with Gasteiger partial charge in [-0.1, -0.05) is 24.3 Å². The maximum Gasteiger partial charge on any atom is 0.257 e. The van der Waals surface area contributed by atoms with Gasteiger partial charge >= 0.3 is 0 Å². The molecule has 5 nitrogen and oxygen atoms in total. The molecule has 0 radical (unpaired) electrons. The summed E-state index contributed by atoms with van der Waals surface area (Å²) in [6.07, 6.45) is 2.82. The lowest BCUT2D eigenvalue weighted by Gasteiger charge is -2.21. The minimum absolute atomic E-state index is 0.0408. The Balaban J connectivity index is 1.75. The van der Waals surface area contributed by atoms with Gasteiger partial charge < -0.3 is 10.6 Å². The van der Waals surface area contributed by atoms with Crippen molar-refractivity contribution in [3.05, 3.63) is 59.6 Å². The van der Waals surface area contributed by atoms with Crippen LogP contribution in [0.25, 0.3) is 16.3 Å². The third-order valence-electron chi connectivity index (χ3n) is 4.98. The third kappa shape index (κ3) is 3.06. The molecule has 0 aliphatic carbocycles. The van der Waals surface area contributed by atoms with Crippen LogP contribution in [0.4, 0.5) is 0 Å². The fourth-order valence-electron chi connectivity index (χ4n) is 3.59. The number of benzene rings is 1. The molecule has 1 amide bonds. The van der Waals surface area contributed by atoms with E-state index in [9.17, 15) is 4.79 Å². The first kappa shape index (κ1) is 17.0. The molecular weight excluding hydrogens is 344 g/mol. The number of rotatable bonds is 4. The van der Waals surface area contributed by atoms with Crippen LogP contribution < -0.4 is 5.73 Å². The average Bonchev–Trinajstić information content (AvgIpc) is 3.40. The molecule has 3 heterocycles. The number of nitrogens with two attached hydrogens (primary N) is 1. The highest BCUT2D eigenvalue weighted by Gasteiger charge is 2.34. The van der Waals surface area contributed by atoms with Crippen molar-refractivity contribution in [1.82, 2.24) is 14.7 Å². The lowest BCUT2D eigenvalue weighted by molar-refractivity contribution is 0.0744. The zero-order valence-electron chi connectivity index (χ0n) is 14.7. The highest BCUT2D eigenvalue weighted by molar-refractivity contribution is 7.13. The van der Waals surface area contributed by atoms with Crippen LogP contribution in [0.3, 0.4) is 0 Å². The molecule has 2 unspecified atom stereocenters. The highest BCUT2D eigenvalue weighted by Crippen LogP contribution is 2.31. The molecule has 134 valence electrons. The fourth-order valence-corrected chi connectivity index (χ4v) is 4.31. The number of aromatic nitrogens is 2. The van der Waals surface area contributed by atoms with E-state index in [1.807, 2.05) is 58.9 Å². The Hall–Kier alpha value is -2.44. The molecule has 2 aromatic heterocycles. The van der Waals surface area contributed by atoms with Crippen LogP contribution in [-0.2, 0) is 0 Å². The van der Waals surface area contributed by atoms with Crippen molar-refractivity contribution >= 4 is 17.2 Å². The Morgan fingerprint density at radius 2 is 2.08 bits per heavy atom. The Kier molecular flexibility index (Phi) is 4.61. The van der Waals surface area contributed by atoms with E-state index >= 15 is 0 Å². The van der Waals surface area contributed by atoms with Crippen molar-refractivity contribution in [3.63, 3.8) is 0 Å². The zero-order chi connectivity index (χ0) is 18.1. The molecule has 4 rings (SSSR count). The second kappa shape index (κ2) is 7.05. The van der Waals surface area contributed by atoms with Crippen molar-refractivity contribution < 1.29 is 4.79 Å². The van der Waals surface area contributed by atoms with E-state index in [2.05, 4.69) is 6.92 Å². The largest absolute Gasteiger partial charge is 0.335 e. The molecule has 0 bridgehead atoms. The summed E-state index contributed by atoms with van der Waals surface area (Å²) in [4.78, 5) is 16.3. The van der Waals surface area contributed by atoms with Crippen LogP contribution in [0.2, 0.25) is 0 Å². The summed E-state index contributed by atoms with van der Waals surface area (Å²) in [7, 11) is 0. The van der Waals surface area contributed by atoms with E-state index in [0.29, 0.717) is 18.0 Å². The molecule has 1 aromatic carbocycles. The highest BCUT2D eigenvalue weighted by atomic mass is 32.1. The summed E-state index contributed by atoms with van der Waals surface area (Å²) in [5.74, 6) is 0.419. The number of hydrogen-bond acceptors (Lipinski definition) is 4. The summed E-state index contributed by atoms with van der Waals surface area (Å²) >= 11 is 1.60. The van der Waals surface area contributed by atoms with E-state index in [-0.39, 0.29) is 11.9 Å². The average molecular weight is 366 g/mol. The molecule has 26 heavy (non-hydrogen) atoms. The number of carbonyl (C=O) groups excluding carboxylic acids is 1. The monoisotopic (exact) mass is 366 g/mol. The van der Waals surface area contributed by atoms with Crippen molar-refractivity contribution in [3.8, 4) is 16.3 Å². The number of likely N-dealkylation sites (tertiary alicyclic amines) is 1.